The molecule has 0 aliphatic carbocycles. The van der Waals surface area contributed by atoms with Gasteiger partial charge in [0.2, 0.25) is 0 Å². The number of aromatic nitrogens is 1. The molecule has 0 radical (unpaired) electrons. The predicted molar refractivity (Wildman–Crippen MR) is 55.2 cm³/mol. The minimum atomic E-state index is -0.692. The normalized spacial score (nSPS) is 11.6. The van der Waals surface area contributed by atoms with Gasteiger partial charge in [-0.1, -0.05) is 0 Å². The summed E-state index contributed by atoms with van der Waals surface area (Å²) in [4.78, 5) is 26.1. The number of carbonyl (C=O) groups is 2. The van der Waals surface area contributed by atoms with Crippen LogP contribution in [0.2, 0.25) is 0 Å². The molecule has 0 aliphatic rings. The average Bonchev–Trinajstić information content (AvgIpc) is 2.26. The number of carbonyl (C=O) groups excluding carboxylic acids is 2. The number of nitrogens with one attached hydrogen (secondary N) is 2. The van der Waals surface area contributed by atoms with Gasteiger partial charge in [-0.05, 0) is 19.1 Å². The van der Waals surface area contributed by atoms with Crippen molar-refractivity contribution < 1.29 is 9.59 Å². The van der Waals surface area contributed by atoms with E-state index in [1.54, 1.807) is 0 Å². The fraction of sp³-hybridized carbons (Fsp3) is 0.222. The summed E-state index contributed by atoms with van der Waals surface area (Å²) in [7, 11) is 0. The number of amides is 2. The SMILES string of the molecule is CC(Cl)C(=O)NNC(=O)c1ccncc1. The van der Waals surface area contributed by atoms with Gasteiger partial charge in [0, 0.05) is 18.0 Å². The predicted octanol–water partition coefficient (Wildman–Crippen LogP) is 0.470. The Morgan fingerprint density at radius 3 is 2.47 bits per heavy atom. The number of hydrazine groups is 1. The molecule has 6 heteroatoms. The van der Waals surface area contributed by atoms with E-state index in [-0.39, 0.29) is 0 Å². The third-order valence-corrected chi connectivity index (χ3v) is 1.80. The van der Waals surface area contributed by atoms with Gasteiger partial charge < -0.3 is 0 Å². The quantitative estimate of drug-likeness (QED) is 0.570. The number of nitrogens with zero attached hydrogens (tertiary/aromatic N) is 1. The molecule has 0 aromatic carbocycles. The van der Waals surface area contributed by atoms with Gasteiger partial charge in [-0.15, -0.1) is 11.6 Å². The van der Waals surface area contributed by atoms with Crippen LogP contribution in [-0.2, 0) is 4.79 Å². The maximum absolute atomic E-state index is 11.4. The van der Waals surface area contributed by atoms with Gasteiger partial charge in [0.05, 0.1) is 0 Å². The van der Waals surface area contributed by atoms with E-state index in [2.05, 4.69) is 15.8 Å². The minimum absolute atomic E-state index is 0.410. The molecule has 2 N–H and O–H groups in total. The van der Waals surface area contributed by atoms with Crippen molar-refractivity contribution in [1.29, 1.82) is 0 Å². The van der Waals surface area contributed by atoms with Crippen molar-refractivity contribution in [3.8, 4) is 0 Å². The summed E-state index contributed by atoms with van der Waals surface area (Å²) in [5.41, 5.74) is 4.83. The summed E-state index contributed by atoms with van der Waals surface area (Å²) in [6.45, 7) is 1.51. The van der Waals surface area contributed by atoms with Crippen LogP contribution in [0.4, 0.5) is 0 Å². The molecular weight excluding hydrogens is 218 g/mol. The third-order valence-electron chi connectivity index (χ3n) is 1.60. The highest BCUT2D eigenvalue weighted by Crippen LogP contribution is 1.95. The van der Waals surface area contributed by atoms with Gasteiger partial charge in [0.15, 0.2) is 0 Å². The number of hydrogen-bond acceptors (Lipinski definition) is 3. The molecule has 15 heavy (non-hydrogen) atoms. The standard InChI is InChI=1S/C9H10ClN3O2/c1-6(10)8(14)12-13-9(15)7-2-4-11-5-3-7/h2-6H,1H3,(H,12,14)(H,13,15). The Morgan fingerprint density at radius 1 is 1.33 bits per heavy atom. The van der Waals surface area contributed by atoms with Crippen LogP contribution in [0.15, 0.2) is 24.5 Å². The molecule has 1 heterocycles. The molecule has 1 aromatic heterocycles. The summed E-state index contributed by atoms with van der Waals surface area (Å²) in [6, 6.07) is 3.07. The Kier molecular flexibility index (Phi) is 4.05. The Labute approximate surface area is 91.8 Å². The topological polar surface area (TPSA) is 71.1 Å². The van der Waals surface area contributed by atoms with Gasteiger partial charge in [-0.2, -0.15) is 0 Å². The molecule has 0 spiro atoms. The second-order valence-corrected chi connectivity index (χ2v) is 3.45. The molecule has 1 atom stereocenters. The highest BCUT2D eigenvalue weighted by atomic mass is 35.5. The number of hydrogen-bond donors (Lipinski definition) is 2. The van der Waals surface area contributed by atoms with Crippen molar-refractivity contribution in [3.63, 3.8) is 0 Å². The van der Waals surface area contributed by atoms with Crippen molar-refractivity contribution in [1.82, 2.24) is 15.8 Å². The third kappa shape index (κ3) is 3.55. The summed E-state index contributed by atoms with van der Waals surface area (Å²) in [5.74, 6) is -0.873. The first-order chi connectivity index (χ1) is 7.11. The zero-order chi connectivity index (χ0) is 11.3. The second-order valence-electron chi connectivity index (χ2n) is 2.80. The van der Waals surface area contributed by atoms with E-state index in [1.807, 2.05) is 0 Å². The lowest BCUT2D eigenvalue weighted by atomic mass is 10.3. The van der Waals surface area contributed by atoms with Gasteiger partial charge >= 0.3 is 0 Å². The lowest BCUT2D eigenvalue weighted by Gasteiger charge is -2.07. The first kappa shape index (κ1) is 11.5. The van der Waals surface area contributed by atoms with E-state index in [0.717, 1.165) is 0 Å². The summed E-state index contributed by atoms with van der Waals surface area (Å²) in [6.07, 6.45) is 2.97. The smallest absolute Gasteiger partial charge is 0.269 e. The molecule has 2 amide bonds. The first-order valence-corrected chi connectivity index (χ1v) is 4.69. The van der Waals surface area contributed by atoms with E-state index < -0.39 is 17.2 Å². The maximum atomic E-state index is 11.4. The summed E-state index contributed by atoms with van der Waals surface area (Å²) >= 11 is 5.48. The molecular formula is C9H10ClN3O2. The lowest BCUT2D eigenvalue weighted by molar-refractivity contribution is -0.121. The van der Waals surface area contributed by atoms with Crippen molar-refractivity contribution in [2.75, 3.05) is 0 Å². The monoisotopic (exact) mass is 227 g/mol. The van der Waals surface area contributed by atoms with Crippen LogP contribution in [0, 0.1) is 0 Å². The van der Waals surface area contributed by atoms with Crippen LogP contribution in [0.25, 0.3) is 0 Å². The summed E-state index contributed by atoms with van der Waals surface area (Å²) in [5, 5.41) is -0.692. The number of rotatable bonds is 2. The van der Waals surface area contributed by atoms with E-state index >= 15 is 0 Å². The van der Waals surface area contributed by atoms with Crippen LogP contribution in [-0.4, -0.2) is 22.2 Å². The first-order valence-electron chi connectivity index (χ1n) is 4.25. The highest BCUT2D eigenvalue weighted by molar-refractivity contribution is 6.30. The molecule has 5 nitrogen and oxygen atoms in total. The molecule has 80 valence electrons. The van der Waals surface area contributed by atoms with E-state index in [4.69, 9.17) is 11.6 Å². The Balaban J connectivity index is 2.48. The van der Waals surface area contributed by atoms with Crippen molar-refractivity contribution in [2.45, 2.75) is 12.3 Å². The molecule has 0 saturated heterocycles. The van der Waals surface area contributed by atoms with Gasteiger partial charge in [-0.25, -0.2) is 0 Å². The van der Waals surface area contributed by atoms with E-state index in [1.165, 1.54) is 31.5 Å². The zero-order valence-corrected chi connectivity index (χ0v) is 8.78. The second kappa shape index (κ2) is 5.31. The van der Waals surface area contributed by atoms with Crippen molar-refractivity contribution in [3.05, 3.63) is 30.1 Å². The van der Waals surface area contributed by atoms with Crippen LogP contribution >= 0.6 is 11.6 Å². The number of halogens is 1. The molecule has 0 bridgehead atoms. The number of alkyl halides is 1. The molecule has 0 aliphatic heterocycles. The fourth-order valence-electron chi connectivity index (χ4n) is 0.793. The molecule has 1 unspecified atom stereocenters. The average molecular weight is 228 g/mol. The van der Waals surface area contributed by atoms with Crippen LogP contribution in [0.1, 0.15) is 17.3 Å². The highest BCUT2D eigenvalue weighted by Gasteiger charge is 2.10. The van der Waals surface area contributed by atoms with Crippen LogP contribution in [0.3, 0.4) is 0 Å². The van der Waals surface area contributed by atoms with Crippen LogP contribution < -0.4 is 10.9 Å². The zero-order valence-electron chi connectivity index (χ0n) is 8.03. The largest absolute Gasteiger partial charge is 0.272 e. The van der Waals surface area contributed by atoms with E-state index in [9.17, 15) is 9.59 Å². The molecule has 1 aromatic rings. The summed E-state index contributed by atoms with van der Waals surface area (Å²) < 4.78 is 0. The Bertz CT molecular complexity index is 354. The van der Waals surface area contributed by atoms with Gasteiger partial charge in [0.1, 0.15) is 5.38 Å². The lowest BCUT2D eigenvalue weighted by Crippen LogP contribution is -2.44. The van der Waals surface area contributed by atoms with Gasteiger partial charge in [0.25, 0.3) is 11.8 Å². The fourth-order valence-corrected chi connectivity index (χ4v) is 0.848. The van der Waals surface area contributed by atoms with Gasteiger partial charge in [-0.3, -0.25) is 25.4 Å². The van der Waals surface area contributed by atoms with Crippen molar-refractivity contribution >= 4 is 23.4 Å². The maximum Gasteiger partial charge on any atom is 0.269 e. The Morgan fingerprint density at radius 2 is 1.93 bits per heavy atom. The molecule has 0 fully saturated rings. The van der Waals surface area contributed by atoms with Crippen molar-refractivity contribution in [2.24, 2.45) is 0 Å². The van der Waals surface area contributed by atoms with Crippen LogP contribution in [0.5, 0.6) is 0 Å². The molecule has 1 rings (SSSR count). The van der Waals surface area contributed by atoms with E-state index in [0.29, 0.717) is 5.56 Å². The minimum Gasteiger partial charge on any atom is -0.272 e. The Hall–Kier alpha value is -1.62. The molecule has 0 saturated carbocycles. The number of pyridine rings is 1.